The Hall–Kier alpha value is -2.37. The molecule has 1 aromatic carbocycles. The maximum Gasteiger partial charge on any atom is 0.244 e. The fourth-order valence-corrected chi connectivity index (χ4v) is 4.72. The summed E-state index contributed by atoms with van der Waals surface area (Å²) in [7, 11) is 0. The van der Waals surface area contributed by atoms with Crippen LogP contribution in [0, 0.1) is 5.82 Å². The van der Waals surface area contributed by atoms with Gasteiger partial charge in [0.1, 0.15) is 12.4 Å². The van der Waals surface area contributed by atoms with Crippen LogP contribution in [-0.4, -0.2) is 44.8 Å². The predicted octanol–water partition coefficient (Wildman–Crippen LogP) is 3.07. The van der Waals surface area contributed by atoms with Crippen molar-refractivity contribution in [2.75, 3.05) is 11.4 Å². The lowest BCUT2D eigenvalue weighted by molar-refractivity contribution is -0.135. The zero-order valence-corrected chi connectivity index (χ0v) is 15.3. The summed E-state index contributed by atoms with van der Waals surface area (Å²) in [6.07, 6.45) is 6.47. The molecular formula is C20H25FN4O. The lowest BCUT2D eigenvalue weighted by atomic mass is 9.94. The largest absolute Gasteiger partial charge is 0.361 e. The van der Waals surface area contributed by atoms with Crippen molar-refractivity contribution in [2.45, 2.75) is 57.3 Å². The van der Waals surface area contributed by atoms with Gasteiger partial charge in [0.2, 0.25) is 5.91 Å². The summed E-state index contributed by atoms with van der Waals surface area (Å²) < 4.78 is 15.1. The second-order valence-corrected chi connectivity index (χ2v) is 7.93. The van der Waals surface area contributed by atoms with Gasteiger partial charge in [0.15, 0.2) is 0 Å². The Bertz CT molecular complexity index is 772. The number of carbonyl (C=O) groups excluding carboxylic acids is 1. The van der Waals surface area contributed by atoms with E-state index in [-0.39, 0.29) is 35.9 Å². The van der Waals surface area contributed by atoms with E-state index < -0.39 is 0 Å². The zero-order chi connectivity index (χ0) is 18.3. The monoisotopic (exact) mass is 356 g/mol. The molecule has 2 aliphatic heterocycles. The first-order valence-electron chi connectivity index (χ1n) is 9.27. The fourth-order valence-electron chi connectivity index (χ4n) is 4.72. The molecule has 2 saturated heterocycles. The molecule has 1 amide bonds. The number of hydrogen-bond acceptors (Lipinski definition) is 3. The molecule has 4 rings (SSSR count). The molecule has 0 unspecified atom stereocenters. The van der Waals surface area contributed by atoms with Gasteiger partial charge in [0.25, 0.3) is 0 Å². The molecule has 0 spiro atoms. The van der Waals surface area contributed by atoms with Gasteiger partial charge in [-0.25, -0.2) is 4.39 Å². The number of benzene rings is 1. The highest BCUT2D eigenvalue weighted by molar-refractivity contribution is 5.77. The number of fused-ring (bicyclic) bond motifs is 1. The van der Waals surface area contributed by atoms with Crippen LogP contribution in [0.2, 0.25) is 0 Å². The van der Waals surface area contributed by atoms with Gasteiger partial charge in [0, 0.05) is 30.2 Å². The topological polar surface area (TPSA) is 41.4 Å². The number of hydrogen-bond donors (Lipinski definition) is 0. The Morgan fingerprint density at radius 2 is 2.04 bits per heavy atom. The van der Waals surface area contributed by atoms with E-state index in [9.17, 15) is 9.18 Å². The highest BCUT2D eigenvalue weighted by Crippen LogP contribution is 2.43. The van der Waals surface area contributed by atoms with Crippen molar-refractivity contribution in [3.63, 3.8) is 0 Å². The molecule has 2 aromatic rings. The maximum absolute atomic E-state index is 13.4. The third-order valence-corrected chi connectivity index (χ3v) is 5.72. The van der Waals surface area contributed by atoms with Crippen LogP contribution < -0.4 is 4.90 Å². The molecule has 2 aliphatic rings. The van der Waals surface area contributed by atoms with Gasteiger partial charge in [-0.15, -0.1) is 0 Å². The van der Waals surface area contributed by atoms with E-state index in [0.717, 1.165) is 31.5 Å². The summed E-state index contributed by atoms with van der Waals surface area (Å²) >= 11 is 0. The van der Waals surface area contributed by atoms with E-state index in [1.807, 2.05) is 29.3 Å². The number of amides is 1. The molecule has 26 heavy (non-hydrogen) atoms. The number of aromatic nitrogens is 2. The minimum Gasteiger partial charge on any atom is -0.361 e. The minimum absolute atomic E-state index is 0.0816. The van der Waals surface area contributed by atoms with Crippen LogP contribution in [0.1, 0.15) is 33.1 Å². The maximum atomic E-state index is 13.4. The van der Waals surface area contributed by atoms with Crippen molar-refractivity contribution in [2.24, 2.45) is 0 Å². The molecule has 6 heteroatoms. The van der Waals surface area contributed by atoms with Crippen molar-refractivity contribution >= 4 is 11.6 Å². The van der Waals surface area contributed by atoms with Gasteiger partial charge in [-0.1, -0.05) is 0 Å². The van der Waals surface area contributed by atoms with Gasteiger partial charge >= 0.3 is 0 Å². The minimum atomic E-state index is -0.220. The first kappa shape index (κ1) is 17.1. The summed E-state index contributed by atoms with van der Waals surface area (Å²) in [6, 6.07) is 9.03. The number of carbonyl (C=O) groups is 1. The second-order valence-electron chi connectivity index (χ2n) is 7.93. The average molecular weight is 356 g/mol. The lowest BCUT2D eigenvalue weighted by Crippen LogP contribution is -2.53. The van der Waals surface area contributed by atoms with Gasteiger partial charge in [-0.2, -0.15) is 5.10 Å². The molecule has 0 saturated carbocycles. The average Bonchev–Trinajstić information content (AvgIpc) is 3.19. The Morgan fingerprint density at radius 1 is 1.27 bits per heavy atom. The van der Waals surface area contributed by atoms with Crippen molar-refractivity contribution < 1.29 is 9.18 Å². The lowest BCUT2D eigenvalue weighted by Gasteiger charge is -2.42. The summed E-state index contributed by atoms with van der Waals surface area (Å²) in [5, 5.41) is 4.16. The number of rotatable bonds is 3. The van der Waals surface area contributed by atoms with Crippen LogP contribution in [-0.2, 0) is 11.3 Å². The summed E-state index contributed by atoms with van der Waals surface area (Å²) in [4.78, 5) is 17.3. The van der Waals surface area contributed by atoms with Crippen molar-refractivity contribution in [1.82, 2.24) is 14.7 Å². The summed E-state index contributed by atoms with van der Waals surface area (Å²) in [5.74, 6) is -0.0952. The fraction of sp³-hybridized carbons (Fsp3) is 0.500. The SMILES string of the molecule is CC1(C)C[C@H]2[C@H](CCCN2C(=O)Cn2cccn2)N1c1ccc(F)cc1. The van der Waals surface area contributed by atoms with Gasteiger partial charge in [-0.3, -0.25) is 9.48 Å². The summed E-state index contributed by atoms with van der Waals surface area (Å²) in [6.45, 7) is 5.51. The standard InChI is InChI=1S/C20H25FN4O/c1-20(2)13-18-17(25(20)16-8-6-15(21)7-9-16)5-3-12-24(18)19(26)14-23-11-4-10-22-23/h4,6-11,17-18H,3,5,12-14H2,1-2H3/t17-,18-/m0/s1. The van der Waals surface area contributed by atoms with Crippen LogP contribution in [0.3, 0.4) is 0 Å². The molecule has 2 atom stereocenters. The van der Waals surface area contributed by atoms with E-state index in [1.165, 1.54) is 12.1 Å². The number of piperidine rings is 1. The molecule has 3 heterocycles. The highest BCUT2D eigenvalue weighted by Gasteiger charge is 2.50. The normalized spacial score (nSPS) is 24.6. The number of anilines is 1. The number of nitrogens with zero attached hydrogens (tertiary/aromatic N) is 4. The van der Waals surface area contributed by atoms with Crippen LogP contribution >= 0.6 is 0 Å². The smallest absolute Gasteiger partial charge is 0.244 e. The molecule has 5 nitrogen and oxygen atoms in total. The second kappa shape index (κ2) is 6.41. The van der Waals surface area contributed by atoms with Gasteiger partial charge in [-0.05, 0) is 63.4 Å². The Kier molecular flexibility index (Phi) is 4.21. The quantitative estimate of drug-likeness (QED) is 0.849. The third-order valence-electron chi connectivity index (χ3n) is 5.72. The molecule has 0 radical (unpaired) electrons. The van der Waals surface area contributed by atoms with E-state index in [1.54, 1.807) is 10.9 Å². The molecule has 0 N–H and O–H groups in total. The molecular weight excluding hydrogens is 331 g/mol. The van der Waals surface area contributed by atoms with Crippen LogP contribution in [0.5, 0.6) is 0 Å². The van der Waals surface area contributed by atoms with Crippen molar-refractivity contribution in [1.29, 1.82) is 0 Å². The predicted molar refractivity (Wildman–Crippen MR) is 98.3 cm³/mol. The third kappa shape index (κ3) is 2.97. The van der Waals surface area contributed by atoms with E-state index in [0.29, 0.717) is 0 Å². The van der Waals surface area contributed by atoms with E-state index in [4.69, 9.17) is 0 Å². The van der Waals surface area contributed by atoms with Crippen molar-refractivity contribution in [3.05, 3.63) is 48.5 Å². The van der Waals surface area contributed by atoms with Gasteiger partial charge < -0.3 is 9.80 Å². The highest BCUT2D eigenvalue weighted by atomic mass is 19.1. The molecule has 2 fully saturated rings. The summed E-state index contributed by atoms with van der Waals surface area (Å²) in [5.41, 5.74) is 0.951. The Balaban J connectivity index is 1.59. The first-order chi connectivity index (χ1) is 12.5. The molecule has 0 aliphatic carbocycles. The first-order valence-corrected chi connectivity index (χ1v) is 9.27. The molecule has 1 aromatic heterocycles. The van der Waals surface area contributed by atoms with Gasteiger partial charge in [0.05, 0.1) is 12.1 Å². The zero-order valence-electron chi connectivity index (χ0n) is 15.3. The Morgan fingerprint density at radius 3 is 2.73 bits per heavy atom. The van der Waals surface area contributed by atoms with Crippen LogP contribution in [0.25, 0.3) is 0 Å². The number of likely N-dealkylation sites (tertiary alicyclic amines) is 1. The molecule has 0 bridgehead atoms. The van der Waals surface area contributed by atoms with Crippen molar-refractivity contribution in [3.8, 4) is 0 Å². The number of halogens is 1. The van der Waals surface area contributed by atoms with E-state index in [2.05, 4.69) is 23.8 Å². The van der Waals surface area contributed by atoms with Crippen LogP contribution in [0.15, 0.2) is 42.7 Å². The van der Waals surface area contributed by atoms with E-state index >= 15 is 0 Å². The van der Waals surface area contributed by atoms with Crippen LogP contribution in [0.4, 0.5) is 10.1 Å². The molecule has 138 valence electrons. The Labute approximate surface area is 153 Å².